The molecule has 0 bridgehead atoms. The highest BCUT2D eigenvalue weighted by atomic mass is 32.2. The number of hydrogen-bond donors (Lipinski definition) is 2. The summed E-state index contributed by atoms with van der Waals surface area (Å²) in [6.45, 7) is 4.38. The van der Waals surface area contributed by atoms with Crippen molar-refractivity contribution in [3.05, 3.63) is 71.8 Å². The summed E-state index contributed by atoms with van der Waals surface area (Å²) in [6, 6.07) is 18.0. The zero-order valence-electron chi connectivity index (χ0n) is 19.0. The van der Waals surface area contributed by atoms with Crippen molar-refractivity contribution < 1.29 is 22.7 Å². The van der Waals surface area contributed by atoms with Gasteiger partial charge in [0.2, 0.25) is 22.7 Å². The summed E-state index contributed by atoms with van der Waals surface area (Å²) < 4.78 is 34.1. The van der Waals surface area contributed by atoms with Crippen LogP contribution in [0, 0.1) is 0 Å². The van der Waals surface area contributed by atoms with Crippen LogP contribution in [0.25, 0.3) is 11.1 Å². The van der Waals surface area contributed by atoms with E-state index >= 15 is 0 Å². The van der Waals surface area contributed by atoms with Crippen LogP contribution >= 0.6 is 0 Å². The second-order valence-corrected chi connectivity index (χ2v) is 10.7. The Labute approximate surface area is 198 Å². The number of rotatable bonds is 6. The van der Waals surface area contributed by atoms with E-state index in [2.05, 4.69) is 19.2 Å². The number of fused-ring (bicyclic) bond motifs is 1. The first-order chi connectivity index (χ1) is 16.2. The fraction of sp³-hybridized carbons (Fsp3) is 0.269. The van der Waals surface area contributed by atoms with Crippen molar-refractivity contribution in [1.29, 1.82) is 0 Å². The average molecular weight is 479 g/mol. The van der Waals surface area contributed by atoms with E-state index in [1.54, 1.807) is 12.1 Å². The van der Waals surface area contributed by atoms with E-state index in [-0.39, 0.29) is 23.5 Å². The molecule has 8 heteroatoms. The number of primary sulfonamides is 1. The second-order valence-electron chi connectivity index (χ2n) is 9.13. The second kappa shape index (κ2) is 8.14. The van der Waals surface area contributed by atoms with Crippen LogP contribution < -0.4 is 19.9 Å². The monoisotopic (exact) mass is 478 g/mol. The van der Waals surface area contributed by atoms with E-state index in [0.717, 1.165) is 35.1 Å². The third kappa shape index (κ3) is 4.03. The lowest BCUT2D eigenvalue weighted by molar-refractivity contribution is -0.118. The van der Waals surface area contributed by atoms with Gasteiger partial charge in [-0.05, 0) is 77.4 Å². The van der Waals surface area contributed by atoms with E-state index in [1.165, 1.54) is 12.1 Å². The Morgan fingerprint density at radius 3 is 2.32 bits per heavy atom. The van der Waals surface area contributed by atoms with E-state index < -0.39 is 15.4 Å². The highest BCUT2D eigenvalue weighted by Gasteiger charge is 2.51. The van der Waals surface area contributed by atoms with Crippen molar-refractivity contribution in [1.82, 2.24) is 0 Å². The number of carbonyl (C=O) groups is 1. The maximum atomic E-state index is 13.4. The Morgan fingerprint density at radius 1 is 0.971 bits per heavy atom. The molecule has 1 aliphatic heterocycles. The van der Waals surface area contributed by atoms with Crippen LogP contribution in [-0.4, -0.2) is 21.1 Å². The number of hydrogen-bond acceptors (Lipinski definition) is 5. The number of benzene rings is 3. The van der Waals surface area contributed by atoms with Gasteiger partial charge in [0.25, 0.3) is 0 Å². The molecule has 34 heavy (non-hydrogen) atoms. The standard InChI is InChI=1S/C26H26N2O5S/c1-16(2)21-9-6-19(14-22(21)17-3-7-20(8-4-17)34(27,30)31)28-25(29)26(11-12-26)18-5-10-23-24(13-18)33-15-32-23/h3-10,13-14,16H,11-12,15H2,1-2H3,(H,28,29)(H2,27,30,31). The summed E-state index contributed by atoms with van der Waals surface area (Å²) in [7, 11) is -3.77. The summed E-state index contributed by atoms with van der Waals surface area (Å²) >= 11 is 0. The lowest BCUT2D eigenvalue weighted by Gasteiger charge is -2.19. The SMILES string of the molecule is CC(C)c1ccc(NC(=O)C2(c3ccc4c(c3)OCO4)CC2)cc1-c1ccc(S(N)(=O)=O)cc1. The molecular formula is C26H26N2O5S. The smallest absolute Gasteiger partial charge is 0.238 e. The molecule has 176 valence electrons. The fourth-order valence-corrected chi connectivity index (χ4v) is 4.94. The molecule has 0 saturated heterocycles. The third-order valence-corrected chi connectivity index (χ3v) is 7.47. The molecular weight excluding hydrogens is 452 g/mol. The molecule has 5 rings (SSSR count). The molecule has 0 radical (unpaired) electrons. The Hall–Kier alpha value is -3.36. The lowest BCUT2D eigenvalue weighted by Crippen LogP contribution is -2.27. The number of sulfonamides is 1. The van der Waals surface area contributed by atoms with E-state index in [4.69, 9.17) is 14.6 Å². The minimum atomic E-state index is -3.77. The van der Waals surface area contributed by atoms with Crippen molar-refractivity contribution in [2.24, 2.45) is 5.14 Å². The summed E-state index contributed by atoms with van der Waals surface area (Å²) in [4.78, 5) is 13.4. The van der Waals surface area contributed by atoms with Gasteiger partial charge >= 0.3 is 0 Å². The van der Waals surface area contributed by atoms with Crippen LogP contribution in [0.1, 0.15) is 43.7 Å². The Kier molecular flexibility index (Phi) is 5.37. The molecule has 2 aliphatic rings. The zero-order chi connectivity index (χ0) is 24.1. The zero-order valence-corrected chi connectivity index (χ0v) is 19.8. The lowest BCUT2D eigenvalue weighted by atomic mass is 9.91. The van der Waals surface area contributed by atoms with Crippen molar-refractivity contribution in [3.63, 3.8) is 0 Å². The maximum Gasteiger partial charge on any atom is 0.238 e. The van der Waals surface area contributed by atoms with Gasteiger partial charge < -0.3 is 14.8 Å². The molecule has 1 aliphatic carbocycles. The fourth-order valence-electron chi connectivity index (χ4n) is 4.43. The normalized spacial score (nSPS) is 15.9. The van der Waals surface area contributed by atoms with Gasteiger partial charge in [0.15, 0.2) is 11.5 Å². The molecule has 1 amide bonds. The molecule has 3 aromatic carbocycles. The van der Waals surface area contributed by atoms with Gasteiger partial charge in [0.1, 0.15) is 0 Å². The molecule has 0 unspecified atom stereocenters. The van der Waals surface area contributed by atoms with E-state index in [1.807, 2.05) is 36.4 Å². The maximum absolute atomic E-state index is 13.4. The summed E-state index contributed by atoms with van der Waals surface area (Å²) in [5, 5.41) is 8.33. The Morgan fingerprint density at radius 2 is 1.68 bits per heavy atom. The van der Waals surface area contributed by atoms with E-state index in [9.17, 15) is 13.2 Å². The summed E-state index contributed by atoms with van der Waals surface area (Å²) in [5.74, 6) is 1.55. The number of nitrogens with two attached hydrogens (primary N) is 1. The van der Waals surface area contributed by atoms with Crippen molar-refractivity contribution in [2.75, 3.05) is 12.1 Å². The molecule has 0 atom stereocenters. The minimum absolute atomic E-state index is 0.0563. The minimum Gasteiger partial charge on any atom is -0.454 e. The van der Waals surface area contributed by atoms with Crippen molar-refractivity contribution in [3.8, 4) is 22.6 Å². The number of ether oxygens (including phenoxy) is 2. The quantitative estimate of drug-likeness (QED) is 0.541. The molecule has 1 heterocycles. The average Bonchev–Trinajstić information content (AvgIpc) is 3.49. The molecule has 0 spiro atoms. The van der Waals surface area contributed by atoms with Gasteiger partial charge in [-0.3, -0.25) is 4.79 Å². The van der Waals surface area contributed by atoms with Gasteiger partial charge in [-0.15, -0.1) is 0 Å². The van der Waals surface area contributed by atoms with Crippen LogP contribution in [0.3, 0.4) is 0 Å². The number of carbonyl (C=O) groups excluding carboxylic acids is 1. The van der Waals surface area contributed by atoms with Crippen LogP contribution in [0.5, 0.6) is 11.5 Å². The first kappa shape index (κ1) is 22.4. The predicted octanol–water partition coefficient (Wildman–Crippen LogP) is 4.52. The van der Waals surface area contributed by atoms with Crippen LogP contribution in [0.15, 0.2) is 65.6 Å². The van der Waals surface area contributed by atoms with Gasteiger partial charge in [-0.1, -0.05) is 38.1 Å². The van der Waals surface area contributed by atoms with Gasteiger partial charge in [-0.2, -0.15) is 0 Å². The predicted molar refractivity (Wildman–Crippen MR) is 129 cm³/mol. The molecule has 1 saturated carbocycles. The van der Waals surface area contributed by atoms with Crippen LogP contribution in [0.4, 0.5) is 5.69 Å². The highest BCUT2D eigenvalue weighted by Crippen LogP contribution is 2.51. The van der Waals surface area contributed by atoms with Crippen LogP contribution in [0.2, 0.25) is 0 Å². The number of nitrogens with one attached hydrogen (secondary N) is 1. The molecule has 3 N–H and O–H groups in total. The molecule has 0 aromatic heterocycles. The molecule has 7 nitrogen and oxygen atoms in total. The van der Waals surface area contributed by atoms with Crippen LogP contribution in [-0.2, 0) is 20.2 Å². The Bertz CT molecular complexity index is 1380. The van der Waals surface area contributed by atoms with E-state index in [0.29, 0.717) is 17.2 Å². The molecule has 3 aromatic rings. The van der Waals surface area contributed by atoms with Gasteiger partial charge in [-0.25, -0.2) is 13.6 Å². The van der Waals surface area contributed by atoms with Gasteiger partial charge in [0.05, 0.1) is 10.3 Å². The first-order valence-corrected chi connectivity index (χ1v) is 12.7. The topological polar surface area (TPSA) is 108 Å². The van der Waals surface area contributed by atoms with Crippen molar-refractivity contribution >= 4 is 21.6 Å². The largest absolute Gasteiger partial charge is 0.454 e. The molecule has 1 fully saturated rings. The third-order valence-electron chi connectivity index (χ3n) is 6.54. The number of amides is 1. The Balaban J connectivity index is 1.44. The summed E-state index contributed by atoms with van der Waals surface area (Å²) in [5.41, 5.74) is 3.91. The van der Waals surface area contributed by atoms with Crippen molar-refractivity contribution in [2.45, 2.75) is 42.9 Å². The summed E-state index contributed by atoms with van der Waals surface area (Å²) in [6.07, 6.45) is 1.54. The highest BCUT2D eigenvalue weighted by molar-refractivity contribution is 7.89. The first-order valence-electron chi connectivity index (χ1n) is 11.2. The van der Waals surface area contributed by atoms with Gasteiger partial charge in [0, 0.05) is 5.69 Å². The number of anilines is 1.